The summed E-state index contributed by atoms with van der Waals surface area (Å²) in [5.74, 6) is -5.37. The molecule has 33 heavy (non-hydrogen) atoms. The number of nitrogens with zero attached hydrogens (tertiary/aromatic N) is 2. The first-order valence-corrected chi connectivity index (χ1v) is 10.1. The van der Waals surface area contributed by atoms with Crippen molar-refractivity contribution >= 4 is 29.2 Å². The summed E-state index contributed by atoms with van der Waals surface area (Å²) < 4.78 is 5.38. The Hall–Kier alpha value is -3.83. The molecular weight excluding hydrogens is 434 g/mol. The molecule has 3 N–H and O–H groups in total. The number of carboxylic acid groups (broad SMARTS) is 1. The number of para-hydroxylation sites is 1. The normalized spacial score (nSPS) is 27.4. The van der Waals surface area contributed by atoms with Gasteiger partial charge in [-0.3, -0.25) is 29.8 Å². The Morgan fingerprint density at radius 1 is 1.21 bits per heavy atom. The Kier molecular flexibility index (Phi) is 5.38. The molecule has 2 aromatic rings. The summed E-state index contributed by atoms with van der Waals surface area (Å²) in [6.45, 7) is 1.23. The van der Waals surface area contributed by atoms with Crippen molar-refractivity contribution in [3.8, 4) is 5.75 Å². The Labute approximate surface area is 187 Å². The van der Waals surface area contributed by atoms with E-state index in [1.165, 1.54) is 32.2 Å². The first-order chi connectivity index (χ1) is 15.6. The Morgan fingerprint density at radius 2 is 1.91 bits per heavy atom. The third-order valence-electron chi connectivity index (χ3n) is 6.38. The van der Waals surface area contributed by atoms with Gasteiger partial charge in [-0.1, -0.05) is 24.3 Å². The van der Waals surface area contributed by atoms with Crippen LogP contribution in [-0.2, 0) is 14.4 Å². The summed E-state index contributed by atoms with van der Waals surface area (Å²) in [6, 6.07) is 10.7. The molecule has 2 fully saturated rings. The highest BCUT2D eigenvalue weighted by atomic mass is 16.6. The number of carboxylic acids is 1. The Balaban J connectivity index is 1.90. The minimum Gasteiger partial charge on any atom is -0.496 e. The number of non-ortho nitro benzene ring substituents is 1. The lowest BCUT2D eigenvalue weighted by Gasteiger charge is -2.33. The standard InChI is InChI=1S/C22H21N3O8/c1-11(26)22(21(29)30)17-16(18(23-22)14-8-3-4-9-15(14)33-2)19(27)24(20(17)28)12-6-5-7-13(10-12)25(31)32/h3-11,16-18,23,26H,1-2H3,(H,29,30). The van der Waals surface area contributed by atoms with Crippen LogP contribution in [0.2, 0.25) is 0 Å². The van der Waals surface area contributed by atoms with Crippen LogP contribution in [-0.4, -0.2) is 51.7 Å². The number of methoxy groups -OCH3 is 1. The first-order valence-electron chi connectivity index (χ1n) is 10.1. The van der Waals surface area contributed by atoms with Gasteiger partial charge >= 0.3 is 5.97 Å². The number of nitro benzene ring substituents is 1. The van der Waals surface area contributed by atoms with Crippen molar-refractivity contribution in [2.24, 2.45) is 11.8 Å². The fourth-order valence-corrected chi connectivity index (χ4v) is 4.89. The van der Waals surface area contributed by atoms with E-state index in [-0.39, 0.29) is 11.4 Å². The van der Waals surface area contributed by atoms with Gasteiger partial charge in [0.2, 0.25) is 11.8 Å². The number of ether oxygens (including phenoxy) is 1. The van der Waals surface area contributed by atoms with Crippen LogP contribution in [0.15, 0.2) is 48.5 Å². The Bertz CT molecular complexity index is 1170. The number of rotatable bonds is 6. The predicted octanol–water partition coefficient (Wildman–Crippen LogP) is 1.26. The van der Waals surface area contributed by atoms with Gasteiger partial charge in [-0.15, -0.1) is 0 Å². The molecule has 2 aliphatic rings. The number of benzene rings is 2. The van der Waals surface area contributed by atoms with Crippen LogP contribution in [0.5, 0.6) is 5.75 Å². The molecule has 0 bridgehead atoms. The smallest absolute Gasteiger partial charge is 0.327 e. The lowest BCUT2D eigenvalue weighted by Crippen LogP contribution is -2.62. The van der Waals surface area contributed by atoms with E-state index in [0.29, 0.717) is 11.3 Å². The number of hydrogen-bond donors (Lipinski definition) is 3. The van der Waals surface area contributed by atoms with E-state index in [1.807, 2.05) is 0 Å². The van der Waals surface area contributed by atoms with Gasteiger partial charge in [0.05, 0.1) is 35.7 Å². The highest BCUT2D eigenvalue weighted by Gasteiger charge is 2.70. The SMILES string of the molecule is COc1ccccc1C1NC(C(=O)O)(C(C)O)C2C(=O)N(c3cccc([N+](=O)[O-])c3)C(=O)C12. The summed E-state index contributed by atoms with van der Waals surface area (Å²) >= 11 is 0. The molecule has 0 saturated carbocycles. The average molecular weight is 455 g/mol. The molecular formula is C22H21N3O8. The zero-order valence-corrected chi connectivity index (χ0v) is 17.7. The van der Waals surface area contributed by atoms with E-state index in [4.69, 9.17) is 4.74 Å². The van der Waals surface area contributed by atoms with E-state index >= 15 is 0 Å². The number of anilines is 1. The monoisotopic (exact) mass is 455 g/mol. The minimum atomic E-state index is -2.17. The number of imide groups is 1. The highest BCUT2D eigenvalue weighted by molar-refractivity contribution is 6.24. The van der Waals surface area contributed by atoms with Crippen molar-refractivity contribution in [2.75, 3.05) is 12.0 Å². The van der Waals surface area contributed by atoms with Crippen LogP contribution in [0.25, 0.3) is 0 Å². The van der Waals surface area contributed by atoms with Crippen LogP contribution in [0.4, 0.5) is 11.4 Å². The lowest BCUT2D eigenvalue weighted by molar-refractivity contribution is -0.384. The van der Waals surface area contributed by atoms with E-state index in [1.54, 1.807) is 24.3 Å². The van der Waals surface area contributed by atoms with Gasteiger partial charge in [0.25, 0.3) is 5.69 Å². The van der Waals surface area contributed by atoms with Crippen molar-refractivity contribution in [3.05, 3.63) is 64.2 Å². The summed E-state index contributed by atoms with van der Waals surface area (Å²) in [6.07, 6.45) is -1.55. The molecule has 0 spiro atoms. The van der Waals surface area contributed by atoms with Crippen molar-refractivity contribution in [1.29, 1.82) is 0 Å². The molecule has 11 nitrogen and oxygen atoms in total. The number of nitrogens with one attached hydrogen (secondary N) is 1. The number of aliphatic hydroxyl groups excluding tert-OH is 1. The fourth-order valence-electron chi connectivity index (χ4n) is 4.89. The summed E-state index contributed by atoms with van der Waals surface area (Å²) in [7, 11) is 1.42. The largest absolute Gasteiger partial charge is 0.496 e. The lowest BCUT2D eigenvalue weighted by atomic mass is 9.76. The number of aliphatic carboxylic acids is 1. The van der Waals surface area contributed by atoms with Crippen molar-refractivity contribution in [3.63, 3.8) is 0 Å². The zero-order valence-electron chi connectivity index (χ0n) is 17.7. The maximum Gasteiger partial charge on any atom is 0.327 e. The maximum absolute atomic E-state index is 13.6. The van der Waals surface area contributed by atoms with Crippen LogP contribution in [0, 0.1) is 22.0 Å². The predicted molar refractivity (Wildman–Crippen MR) is 113 cm³/mol. The number of carbonyl (C=O) groups is 3. The van der Waals surface area contributed by atoms with Crippen LogP contribution >= 0.6 is 0 Å². The number of aliphatic hydroxyl groups is 1. The number of fused-ring (bicyclic) bond motifs is 1. The third kappa shape index (κ3) is 3.16. The highest BCUT2D eigenvalue weighted by Crippen LogP contribution is 2.52. The van der Waals surface area contributed by atoms with E-state index in [9.17, 15) is 34.7 Å². The van der Waals surface area contributed by atoms with Crippen LogP contribution < -0.4 is 15.0 Å². The molecule has 2 aliphatic heterocycles. The third-order valence-corrected chi connectivity index (χ3v) is 6.38. The molecule has 4 rings (SSSR count). The maximum atomic E-state index is 13.6. The zero-order chi connectivity index (χ0) is 24.1. The summed E-state index contributed by atoms with van der Waals surface area (Å²) in [4.78, 5) is 50.9. The molecule has 2 amide bonds. The molecule has 0 radical (unpaired) electrons. The topological polar surface area (TPSA) is 159 Å². The molecule has 2 aromatic carbocycles. The molecule has 5 unspecified atom stereocenters. The van der Waals surface area contributed by atoms with Gasteiger partial charge in [-0.05, 0) is 19.1 Å². The second-order valence-electron chi connectivity index (χ2n) is 8.01. The van der Waals surface area contributed by atoms with Gasteiger partial charge < -0.3 is 14.9 Å². The summed E-state index contributed by atoms with van der Waals surface area (Å²) in [5.41, 5.74) is -2.10. The molecule has 11 heteroatoms. The molecule has 2 heterocycles. The van der Waals surface area contributed by atoms with Crippen molar-refractivity contribution in [2.45, 2.75) is 24.6 Å². The fraction of sp³-hybridized carbons (Fsp3) is 0.318. The van der Waals surface area contributed by atoms with E-state index < -0.39 is 52.2 Å². The molecule has 5 atom stereocenters. The van der Waals surface area contributed by atoms with Gasteiger partial charge in [0.15, 0.2) is 5.54 Å². The summed E-state index contributed by atoms with van der Waals surface area (Å²) in [5, 5.41) is 34.7. The quantitative estimate of drug-likeness (QED) is 0.331. The molecule has 0 aromatic heterocycles. The number of amides is 2. The van der Waals surface area contributed by atoms with Crippen LogP contribution in [0.3, 0.4) is 0 Å². The Morgan fingerprint density at radius 3 is 2.52 bits per heavy atom. The minimum absolute atomic E-state index is 0.0442. The van der Waals surface area contributed by atoms with E-state index in [0.717, 1.165) is 11.0 Å². The first kappa shape index (κ1) is 22.4. The van der Waals surface area contributed by atoms with Gasteiger partial charge in [-0.2, -0.15) is 0 Å². The molecule has 172 valence electrons. The van der Waals surface area contributed by atoms with Crippen LogP contribution in [0.1, 0.15) is 18.5 Å². The van der Waals surface area contributed by atoms with Gasteiger partial charge in [0, 0.05) is 23.7 Å². The van der Waals surface area contributed by atoms with Gasteiger partial charge in [0.1, 0.15) is 5.75 Å². The number of carbonyl (C=O) groups excluding carboxylic acids is 2. The van der Waals surface area contributed by atoms with E-state index in [2.05, 4.69) is 5.32 Å². The van der Waals surface area contributed by atoms with Gasteiger partial charge in [-0.25, -0.2) is 4.90 Å². The molecule has 0 aliphatic carbocycles. The number of hydrogen-bond acceptors (Lipinski definition) is 8. The second kappa shape index (κ2) is 7.94. The molecule has 2 saturated heterocycles. The van der Waals surface area contributed by atoms with Crippen molar-refractivity contribution in [1.82, 2.24) is 5.32 Å². The average Bonchev–Trinajstić information content (AvgIpc) is 3.28. The van der Waals surface area contributed by atoms with Crippen molar-refractivity contribution < 1.29 is 34.3 Å². The number of nitro groups is 1. The second-order valence-corrected chi connectivity index (χ2v) is 8.01.